The van der Waals surface area contributed by atoms with Crippen LogP contribution in [0.2, 0.25) is 10.0 Å². The van der Waals surface area contributed by atoms with Gasteiger partial charge < -0.3 is 19.7 Å². The van der Waals surface area contributed by atoms with Crippen LogP contribution in [0.15, 0.2) is 71.9 Å². The molecule has 0 atom stereocenters. The van der Waals surface area contributed by atoms with Gasteiger partial charge in [0.2, 0.25) is 0 Å². The Morgan fingerprint density at radius 1 is 1.07 bits per heavy atom. The maximum Gasteiger partial charge on any atom is 0.326 e. The smallest absolute Gasteiger partial charge is 0.326 e. The summed E-state index contributed by atoms with van der Waals surface area (Å²) in [5.74, 6) is -0.593. The summed E-state index contributed by atoms with van der Waals surface area (Å²) in [4.78, 5) is 29.2. The Bertz CT molecular complexity index is 1660. The highest BCUT2D eigenvalue weighted by molar-refractivity contribution is 7.92. The molecule has 4 aromatic rings. The van der Waals surface area contributed by atoms with Crippen LogP contribution in [0.5, 0.6) is 0 Å². The minimum absolute atomic E-state index is 0.124. The Balaban J connectivity index is 1.72. The molecule has 216 valence electrons. The van der Waals surface area contributed by atoms with Gasteiger partial charge in [0.15, 0.2) is 0 Å². The number of hydrogen-bond acceptors (Lipinski definition) is 7. The van der Waals surface area contributed by atoms with E-state index in [0.717, 1.165) is 10.7 Å². The molecule has 0 radical (unpaired) electrons. The second-order valence-corrected chi connectivity index (χ2v) is 11.7. The molecule has 2 N–H and O–H groups in total. The number of ether oxygens (including phenoxy) is 1. The monoisotopic (exact) mass is 618 g/mol. The summed E-state index contributed by atoms with van der Waals surface area (Å²) in [5.41, 5.74) is 1.27. The van der Waals surface area contributed by atoms with Crippen LogP contribution in [0.1, 0.15) is 30.1 Å². The van der Waals surface area contributed by atoms with Crippen molar-refractivity contribution in [1.82, 2.24) is 14.9 Å². The third-order valence-corrected chi connectivity index (χ3v) is 8.26. The number of fused-ring (bicyclic) bond motifs is 1. The minimum Gasteiger partial charge on any atom is -0.464 e. The molecule has 0 bridgehead atoms. The number of amides is 1. The van der Waals surface area contributed by atoms with E-state index in [2.05, 4.69) is 10.3 Å². The number of aliphatic hydroxyl groups excluding tert-OH is 1. The fourth-order valence-corrected chi connectivity index (χ4v) is 6.19. The first-order valence-corrected chi connectivity index (χ1v) is 14.9. The molecule has 0 aliphatic rings. The Labute approximate surface area is 247 Å². The molecule has 4 rings (SSSR count). The van der Waals surface area contributed by atoms with Gasteiger partial charge in [0, 0.05) is 39.9 Å². The number of esters is 1. The summed E-state index contributed by atoms with van der Waals surface area (Å²) in [5, 5.41) is 12.5. The van der Waals surface area contributed by atoms with E-state index in [-0.39, 0.29) is 46.3 Å². The van der Waals surface area contributed by atoms with Crippen molar-refractivity contribution in [2.45, 2.75) is 24.7 Å². The van der Waals surface area contributed by atoms with Crippen molar-refractivity contribution in [2.75, 3.05) is 30.6 Å². The number of aromatic nitrogens is 2. The van der Waals surface area contributed by atoms with Crippen molar-refractivity contribution in [2.24, 2.45) is 0 Å². The summed E-state index contributed by atoms with van der Waals surface area (Å²) in [7, 11) is -4.28. The van der Waals surface area contributed by atoms with Gasteiger partial charge in [-0.25, -0.2) is 13.4 Å². The Hall–Kier alpha value is -3.64. The van der Waals surface area contributed by atoms with Gasteiger partial charge >= 0.3 is 5.97 Å². The minimum atomic E-state index is -4.28. The van der Waals surface area contributed by atoms with E-state index in [1.54, 1.807) is 47.2 Å². The van der Waals surface area contributed by atoms with Gasteiger partial charge in [0.25, 0.3) is 15.9 Å². The number of carbonyl (C=O) groups is 2. The zero-order valence-electron chi connectivity index (χ0n) is 22.1. The molecule has 2 heterocycles. The lowest BCUT2D eigenvalue weighted by atomic mass is 10.2. The lowest BCUT2D eigenvalue weighted by molar-refractivity contribution is -0.141. The molecular weight excluding hydrogens is 591 g/mol. The number of anilines is 1. The van der Waals surface area contributed by atoms with Crippen LogP contribution in [-0.4, -0.2) is 61.3 Å². The number of rotatable bonds is 12. The first-order valence-electron chi connectivity index (χ1n) is 12.7. The van der Waals surface area contributed by atoms with E-state index in [9.17, 15) is 18.0 Å². The van der Waals surface area contributed by atoms with Crippen molar-refractivity contribution in [3.8, 4) is 5.82 Å². The van der Waals surface area contributed by atoms with Crippen molar-refractivity contribution < 1.29 is 27.9 Å². The second-order valence-electron chi connectivity index (χ2n) is 9.00. The normalized spacial score (nSPS) is 11.4. The van der Waals surface area contributed by atoms with Crippen molar-refractivity contribution in [3.63, 3.8) is 0 Å². The molecule has 2 aromatic carbocycles. The average molecular weight is 620 g/mol. The van der Waals surface area contributed by atoms with Crippen molar-refractivity contribution >= 4 is 61.7 Å². The molecule has 0 unspecified atom stereocenters. The highest BCUT2D eigenvalue weighted by Gasteiger charge is 2.29. The lowest BCUT2D eigenvalue weighted by Gasteiger charge is -2.24. The van der Waals surface area contributed by atoms with Crippen LogP contribution < -0.4 is 9.62 Å². The van der Waals surface area contributed by atoms with Gasteiger partial charge in [-0.05, 0) is 61.0 Å². The number of nitrogens with one attached hydrogen (secondary N) is 1. The third kappa shape index (κ3) is 7.17. The quantitative estimate of drug-likeness (QED) is 0.175. The molecule has 13 heteroatoms. The van der Waals surface area contributed by atoms with Gasteiger partial charge in [-0.3, -0.25) is 13.9 Å². The molecule has 10 nitrogen and oxygen atoms in total. The predicted octanol–water partition coefficient (Wildman–Crippen LogP) is 4.59. The van der Waals surface area contributed by atoms with Crippen LogP contribution >= 0.6 is 23.2 Å². The third-order valence-electron chi connectivity index (χ3n) is 6.07. The largest absolute Gasteiger partial charge is 0.464 e. The molecular formula is C28H28Cl2N4O6S. The summed E-state index contributed by atoms with van der Waals surface area (Å²) in [6.45, 7) is 1.51. The number of unbranched alkanes of at least 4 members (excludes halogenated alkanes) is 1. The number of halogens is 2. The molecule has 0 aliphatic heterocycles. The van der Waals surface area contributed by atoms with Crippen molar-refractivity contribution in [3.05, 3.63) is 82.6 Å². The first kappa shape index (κ1) is 30.3. The van der Waals surface area contributed by atoms with Gasteiger partial charge in [-0.2, -0.15) is 0 Å². The van der Waals surface area contributed by atoms with Crippen molar-refractivity contribution in [1.29, 1.82) is 0 Å². The van der Waals surface area contributed by atoms with Gasteiger partial charge in [0.1, 0.15) is 12.4 Å². The van der Waals surface area contributed by atoms with Crippen LogP contribution in [-0.2, 0) is 19.6 Å². The second kappa shape index (κ2) is 13.3. The Morgan fingerprint density at radius 3 is 2.54 bits per heavy atom. The van der Waals surface area contributed by atoms with E-state index in [1.807, 2.05) is 6.92 Å². The number of sulfonamides is 1. The molecule has 2 aromatic heterocycles. The molecule has 0 fully saturated rings. The molecule has 0 aliphatic carbocycles. The van der Waals surface area contributed by atoms with E-state index in [0.29, 0.717) is 28.7 Å². The standard InChI is InChI=1S/C28H28Cl2N4O6S/c1-2-3-12-40-27(36)18-34(41(38,39)24-16-21(29)15-22(30)17-24)23-4-5-25-19(13-23)7-10-33(25)26-14-20(6-8-31-26)28(37)32-9-11-35/h4-8,10,13-17,35H,2-3,9,11-12,18H2,1H3,(H,32,37). The van der Waals surface area contributed by atoms with Gasteiger partial charge in [-0.15, -0.1) is 0 Å². The number of aliphatic hydroxyl groups is 1. The molecule has 0 saturated heterocycles. The molecule has 41 heavy (non-hydrogen) atoms. The number of nitrogens with zero attached hydrogens (tertiary/aromatic N) is 3. The number of hydrogen-bond donors (Lipinski definition) is 2. The highest BCUT2D eigenvalue weighted by atomic mass is 35.5. The summed E-state index contributed by atoms with van der Waals surface area (Å²) in [6, 6.07) is 13.8. The zero-order chi connectivity index (χ0) is 29.6. The molecule has 0 spiro atoms. The Kier molecular flexibility index (Phi) is 9.87. The average Bonchev–Trinajstić information content (AvgIpc) is 3.37. The predicted molar refractivity (Wildman–Crippen MR) is 157 cm³/mol. The van der Waals surface area contributed by atoms with Crippen LogP contribution in [0.4, 0.5) is 5.69 Å². The van der Waals surface area contributed by atoms with Crippen LogP contribution in [0, 0.1) is 0 Å². The SMILES string of the molecule is CCCCOC(=O)CN(c1ccc2c(ccn2-c2cc(C(=O)NCCO)ccn2)c1)S(=O)(=O)c1cc(Cl)cc(Cl)c1. The summed E-state index contributed by atoms with van der Waals surface area (Å²) < 4.78 is 35.5. The lowest BCUT2D eigenvalue weighted by Crippen LogP contribution is -2.36. The fourth-order valence-electron chi connectivity index (χ4n) is 4.06. The van der Waals surface area contributed by atoms with Crippen LogP contribution in [0.25, 0.3) is 16.7 Å². The van der Waals surface area contributed by atoms with Crippen LogP contribution in [0.3, 0.4) is 0 Å². The van der Waals surface area contributed by atoms with E-state index in [4.69, 9.17) is 33.0 Å². The summed E-state index contributed by atoms with van der Waals surface area (Å²) in [6.07, 6.45) is 4.70. The number of pyridine rings is 1. The maximum atomic E-state index is 13.8. The highest BCUT2D eigenvalue weighted by Crippen LogP contribution is 2.31. The summed E-state index contributed by atoms with van der Waals surface area (Å²) >= 11 is 12.2. The van der Waals surface area contributed by atoms with E-state index < -0.39 is 22.5 Å². The Morgan fingerprint density at radius 2 is 1.83 bits per heavy atom. The number of carbonyl (C=O) groups excluding carboxylic acids is 2. The maximum absolute atomic E-state index is 13.8. The van der Waals surface area contributed by atoms with Gasteiger partial charge in [0.05, 0.1) is 29.3 Å². The molecule has 1 amide bonds. The first-order chi connectivity index (χ1) is 19.6. The van der Waals surface area contributed by atoms with E-state index >= 15 is 0 Å². The number of benzene rings is 2. The van der Waals surface area contributed by atoms with E-state index in [1.165, 1.54) is 24.4 Å². The topological polar surface area (TPSA) is 131 Å². The fraction of sp³-hybridized carbons (Fsp3) is 0.250. The zero-order valence-corrected chi connectivity index (χ0v) is 24.4. The van der Waals surface area contributed by atoms with Gasteiger partial charge in [-0.1, -0.05) is 36.5 Å². The molecule has 0 saturated carbocycles.